The summed E-state index contributed by atoms with van der Waals surface area (Å²) in [6, 6.07) is -0.368. The number of halogens is 3. The highest BCUT2D eigenvalue weighted by molar-refractivity contribution is 5.76. The van der Waals surface area contributed by atoms with Gasteiger partial charge in [-0.3, -0.25) is 4.79 Å². The van der Waals surface area contributed by atoms with Gasteiger partial charge in [-0.25, -0.2) is 4.39 Å². The minimum atomic E-state index is -2.36. The third kappa shape index (κ3) is 3.91. The lowest BCUT2D eigenvalue weighted by molar-refractivity contribution is -0.145. The van der Waals surface area contributed by atoms with E-state index in [0.717, 1.165) is 13.0 Å². The van der Waals surface area contributed by atoms with E-state index in [0.29, 0.717) is 6.42 Å². The molecular formula is C9H12F3NO2. The average Bonchev–Trinajstić information content (AvgIpc) is 2.70. The van der Waals surface area contributed by atoms with Crippen molar-refractivity contribution in [2.45, 2.75) is 25.3 Å². The number of rotatable bonds is 4. The van der Waals surface area contributed by atoms with Crippen molar-refractivity contribution in [3.63, 3.8) is 0 Å². The number of hydrogen-bond acceptors (Lipinski definition) is 3. The normalized spacial score (nSPS) is 20.1. The van der Waals surface area contributed by atoms with Crippen LogP contribution >= 0.6 is 0 Å². The highest BCUT2D eigenvalue weighted by atomic mass is 19.3. The highest BCUT2D eigenvalue weighted by Crippen LogP contribution is 2.13. The Hall–Kier alpha value is -1.04. The highest BCUT2D eigenvalue weighted by Gasteiger charge is 2.23. The minimum Gasteiger partial charge on any atom is -0.464 e. The molecule has 0 bridgehead atoms. The van der Waals surface area contributed by atoms with Gasteiger partial charge in [-0.15, -0.1) is 0 Å². The molecule has 86 valence electrons. The molecule has 1 aliphatic heterocycles. The number of hydrogen-bond donors (Lipinski definition) is 1. The summed E-state index contributed by atoms with van der Waals surface area (Å²) in [7, 11) is 0. The number of carbonyl (C=O) groups excluding carboxylic acids is 1. The van der Waals surface area contributed by atoms with Crippen LogP contribution in [0.4, 0.5) is 13.2 Å². The summed E-state index contributed by atoms with van der Waals surface area (Å²) in [6.45, 7) is 0.396. The van der Waals surface area contributed by atoms with Gasteiger partial charge in [0.05, 0.1) is 6.61 Å². The molecule has 0 spiro atoms. The second kappa shape index (κ2) is 5.75. The van der Waals surface area contributed by atoms with Gasteiger partial charge >= 0.3 is 12.0 Å². The molecule has 0 amide bonds. The summed E-state index contributed by atoms with van der Waals surface area (Å²) in [4.78, 5) is 11.2. The molecule has 3 nitrogen and oxygen atoms in total. The maximum Gasteiger partial charge on any atom is 0.323 e. The third-order valence-corrected chi connectivity index (χ3v) is 2.12. The summed E-state index contributed by atoms with van der Waals surface area (Å²) in [5, 5.41) is 2.89. The minimum absolute atomic E-state index is 0.347. The van der Waals surface area contributed by atoms with Gasteiger partial charge in [-0.05, 0) is 19.4 Å². The molecule has 0 radical (unpaired) electrons. The Balaban J connectivity index is 2.20. The van der Waals surface area contributed by atoms with Crippen LogP contribution in [0.1, 0.15) is 19.3 Å². The molecule has 1 rings (SSSR count). The van der Waals surface area contributed by atoms with Crippen LogP contribution in [-0.2, 0) is 9.53 Å². The molecule has 0 aromatic carbocycles. The van der Waals surface area contributed by atoms with Crippen molar-refractivity contribution in [3.8, 4) is 0 Å². The molecule has 1 saturated heterocycles. The summed E-state index contributed by atoms with van der Waals surface area (Å²) in [5.74, 6) is -2.03. The molecule has 0 aromatic heterocycles. The first-order valence-electron chi connectivity index (χ1n) is 4.71. The fourth-order valence-corrected chi connectivity index (χ4v) is 1.32. The largest absolute Gasteiger partial charge is 0.464 e. The van der Waals surface area contributed by atoms with Crippen LogP contribution in [-0.4, -0.2) is 25.2 Å². The zero-order valence-corrected chi connectivity index (χ0v) is 8.06. The van der Waals surface area contributed by atoms with Crippen LogP contribution in [0.5, 0.6) is 0 Å². The number of esters is 1. The van der Waals surface area contributed by atoms with Crippen molar-refractivity contribution in [1.29, 1.82) is 0 Å². The van der Waals surface area contributed by atoms with Crippen molar-refractivity contribution >= 4 is 5.97 Å². The van der Waals surface area contributed by atoms with Crippen LogP contribution in [0.3, 0.4) is 0 Å². The van der Waals surface area contributed by atoms with Crippen molar-refractivity contribution in [3.05, 3.63) is 11.9 Å². The first kappa shape index (κ1) is 12.0. The quantitative estimate of drug-likeness (QED) is 0.738. The van der Waals surface area contributed by atoms with E-state index in [1.54, 1.807) is 0 Å². The standard InChI is InChI=1S/C9H12F3NO2/c10-6(8(11)12)3-5-15-9(14)7-2-1-4-13-7/h7,13H,1-5H2/t7-/m0/s1. The smallest absolute Gasteiger partial charge is 0.323 e. The fraction of sp³-hybridized carbons (Fsp3) is 0.667. The number of nitrogens with one attached hydrogen (secondary N) is 1. The Labute approximate surface area is 85.3 Å². The summed E-state index contributed by atoms with van der Waals surface area (Å²) in [5.41, 5.74) is 0. The Morgan fingerprint density at radius 2 is 2.13 bits per heavy atom. The van der Waals surface area contributed by atoms with Crippen molar-refractivity contribution in [2.24, 2.45) is 0 Å². The van der Waals surface area contributed by atoms with Crippen LogP contribution < -0.4 is 5.32 Å². The monoisotopic (exact) mass is 223 g/mol. The Morgan fingerprint density at radius 1 is 1.40 bits per heavy atom. The van der Waals surface area contributed by atoms with Crippen molar-refractivity contribution in [1.82, 2.24) is 5.32 Å². The van der Waals surface area contributed by atoms with Gasteiger partial charge in [-0.2, -0.15) is 8.78 Å². The van der Waals surface area contributed by atoms with Gasteiger partial charge in [-0.1, -0.05) is 0 Å². The summed E-state index contributed by atoms with van der Waals surface area (Å²) in [6.07, 6.45) is -1.37. The maximum absolute atomic E-state index is 12.3. The predicted molar refractivity (Wildman–Crippen MR) is 47.0 cm³/mol. The second-order valence-electron chi connectivity index (χ2n) is 3.23. The zero-order valence-electron chi connectivity index (χ0n) is 8.06. The van der Waals surface area contributed by atoms with E-state index in [2.05, 4.69) is 10.1 Å². The molecule has 1 atom stereocenters. The Morgan fingerprint density at radius 3 is 2.67 bits per heavy atom. The van der Waals surface area contributed by atoms with E-state index < -0.39 is 24.3 Å². The molecule has 1 aliphatic rings. The third-order valence-electron chi connectivity index (χ3n) is 2.12. The van der Waals surface area contributed by atoms with Gasteiger partial charge in [0, 0.05) is 6.42 Å². The van der Waals surface area contributed by atoms with E-state index in [-0.39, 0.29) is 12.6 Å². The average molecular weight is 223 g/mol. The summed E-state index contributed by atoms with van der Waals surface area (Å²) >= 11 is 0. The lowest BCUT2D eigenvalue weighted by Crippen LogP contribution is -2.32. The molecule has 1 heterocycles. The lowest BCUT2D eigenvalue weighted by atomic mass is 10.2. The number of ether oxygens (including phenoxy) is 1. The van der Waals surface area contributed by atoms with Crippen molar-refractivity contribution in [2.75, 3.05) is 13.2 Å². The van der Waals surface area contributed by atoms with E-state index in [1.165, 1.54) is 0 Å². The van der Waals surface area contributed by atoms with E-state index >= 15 is 0 Å². The predicted octanol–water partition coefficient (Wildman–Crippen LogP) is 1.75. The molecule has 15 heavy (non-hydrogen) atoms. The van der Waals surface area contributed by atoms with Crippen LogP contribution in [0, 0.1) is 0 Å². The van der Waals surface area contributed by atoms with E-state index in [4.69, 9.17) is 0 Å². The second-order valence-corrected chi connectivity index (χ2v) is 3.23. The topological polar surface area (TPSA) is 38.3 Å². The maximum atomic E-state index is 12.3. The Kier molecular flexibility index (Phi) is 4.61. The molecule has 0 aliphatic carbocycles. The molecular weight excluding hydrogens is 211 g/mol. The molecule has 0 unspecified atom stereocenters. The molecule has 1 fully saturated rings. The van der Waals surface area contributed by atoms with Crippen LogP contribution in [0.25, 0.3) is 0 Å². The number of carbonyl (C=O) groups is 1. The van der Waals surface area contributed by atoms with Gasteiger partial charge in [0.2, 0.25) is 0 Å². The van der Waals surface area contributed by atoms with Gasteiger partial charge in [0.15, 0.2) is 5.83 Å². The van der Waals surface area contributed by atoms with Crippen molar-refractivity contribution < 1.29 is 22.7 Å². The SMILES string of the molecule is O=C(OCCC(F)=C(F)F)[C@@H]1CCCN1. The van der Waals surface area contributed by atoms with Gasteiger partial charge < -0.3 is 10.1 Å². The molecule has 1 N–H and O–H groups in total. The van der Waals surface area contributed by atoms with Gasteiger partial charge in [0.1, 0.15) is 6.04 Å². The van der Waals surface area contributed by atoms with Crippen LogP contribution in [0.2, 0.25) is 0 Å². The first-order chi connectivity index (χ1) is 7.11. The molecule has 6 heteroatoms. The summed E-state index contributed by atoms with van der Waals surface area (Å²) < 4.78 is 40.1. The molecule has 0 saturated carbocycles. The van der Waals surface area contributed by atoms with Crippen LogP contribution in [0.15, 0.2) is 11.9 Å². The molecule has 0 aromatic rings. The first-order valence-corrected chi connectivity index (χ1v) is 4.71. The van der Waals surface area contributed by atoms with E-state index in [1.807, 2.05) is 0 Å². The zero-order chi connectivity index (χ0) is 11.3. The fourth-order valence-electron chi connectivity index (χ4n) is 1.32. The lowest BCUT2D eigenvalue weighted by Gasteiger charge is -2.09. The van der Waals surface area contributed by atoms with Gasteiger partial charge in [0.25, 0.3) is 0 Å². The van der Waals surface area contributed by atoms with E-state index in [9.17, 15) is 18.0 Å². The Bertz CT molecular complexity index is 258.